The lowest BCUT2D eigenvalue weighted by Crippen LogP contribution is -2.02. The maximum Gasteiger partial charge on any atom is 0.365 e. The van der Waals surface area contributed by atoms with Gasteiger partial charge in [0.25, 0.3) is 0 Å². The monoisotopic (exact) mass is 366 g/mol. The highest BCUT2D eigenvalue weighted by molar-refractivity contribution is 8.07. The average Bonchev–Trinajstić information content (AvgIpc) is 2.53. The van der Waals surface area contributed by atoms with Gasteiger partial charge in [-0.05, 0) is 18.2 Å². The van der Waals surface area contributed by atoms with E-state index in [2.05, 4.69) is 23.1 Å². The minimum atomic E-state index is -3.50. The van der Waals surface area contributed by atoms with Crippen LogP contribution in [0.15, 0.2) is 12.7 Å². The lowest BCUT2D eigenvalue weighted by Gasteiger charge is -2.13. The van der Waals surface area contributed by atoms with E-state index in [0.717, 1.165) is 25.3 Å². The Balaban J connectivity index is 3.36. The van der Waals surface area contributed by atoms with Gasteiger partial charge in [-0.2, -0.15) is 0 Å². The molecule has 0 spiro atoms. The molecule has 0 aromatic carbocycles. The fourth-order valence-corrected chi connectivity index (χ4v) is 2.97. The van der Waals surface area contributed by atoms with E-state index in [1.54, 1.807) is 0 Å². The third-order valence-electron chi connectivity index (χ3n) is 3.38. The predicted molar refractivity (Wildman–Crippen MR) is 96.3 cm³/mol. The van der Waals surface area contributed by atoms with Crippen LogP contribution in [0.3, 0.4) is 0 Å². The fraction of sp³-hybridized carbons (Fsp3) is 0.812. The Morgan fingerprint density at radius 2 is 1.52 bits per heavy atom. The molecule has 0 aliphatic heterocycles. The molecule has 0 amide bonds. The number of hydrogen-bond acceptors (Lipinski definition) is 5. The quantitative estimate of drug-likeness (QED) is 0.133. The molecule has 0 aromatic rings. The van der Waals surface area contributed by atoms with Gasteiger partial charge in [0.15, 0.2) is 0 Å². The summed E-state index contributed by atoms with van der Waals surface area (Å²) in [6.07, 6.45) is 14.5. The first kappa shape index (κ1) is 22.7. The normalized spacial score (nSPS) is 13.5. The molecule has 23 heavy (non-hydrogen) atoms. The van der Waals surface area contributed by atoms with Gasteiger partial charge < -0.3 is 9.42 Å². The smallest absolute Gasteiger partial charge is 0.322 e. The Kier molecular flexibility index (Phi) is 15.1. The van der Waals surface area contributed by atoms with Crippen molar-refractivity contribution in [2.75, 3.05) is 6.61 Å². The van der Waals surface area contributed by atoms with Crippen molar-refractivity contribution in [3.63, 3.8) is 0 Å². The predicted octanol–water partition coefficient (Wildman–Crippen LogP) is 5.19. The standard InChI is InChI=1S/C16H31O5PS/c1-3-5-6-7-8-9-10-11-12-13-14-15-19-22(18,23)21-20-16(17)4-2/h4H,2-3,5-15H2,1H3,(H,18,23). The highest BCUT2D eigenvalue weighted by Crippen LogP contribution is 2.44. The van der Waals surface area contributed by atoms with Crippen LogP contribution in [0.4, 0.5) is 0 Å². The number of unbranched alkanes of at least 4 members (excludes halogenated alkanes) is 10. The van der Waals surface area contributed by atoms with Crippen molar-refractivity contribution in [2.45, 2.75) is 77.6 Å². The second-order valence-corrected chi connectivity index (χ2v) is 8.25. The number of hydrogen-bond donors (Lipinski definition) is 1. The molecule has 0 fully saturated rings. The molecule has 0 saturated carbocycles. The summed E-state index contributed by atoms with van der Waals surface area (Å²) >= 11 is 4.70. The fourth-order valence-electron chi connectivity index (χ4n) is 2.09. The third-order valence-corrected chi connectivity index (χ3v) is 4.65. The molecule has 0 radical (unpaired) electrons. The summed E-state index contributed by atoms with van der Waals surface area (Å²) in [6, 6.07) is 0. The highest BCUT2D eigenvalue weighted by atomic mass is 32.5. The summed E-state index contributed by atoms with van der Waals surface area (Å²) < 4.78 is 9.48. The molecule has 7 heteroatoms. The second-order valence-electron chi connectivity index (χ2n) is 5.52. The van der Waals surface area contributed by atoms with E-state index in [1.807, 2.05) is 0 Å². The zero-order valence-corrected chi connectivity index (χ0v) is 15.9. The Morgan fingerprint density at radius 3 is 2.00 bits per heavy atom. The molecular weight excluding hydrogens is 335 g/mol. The van der Waals surface area contributed by atoms with Crippen molar-refractivity contribution in [2.24, 2.45) is 0 Å². The number of carbonyl (C=O) groups is 1. The molecule has 1 atom stereocenters. The highest BCUT2D eigenvalue weighted by Gasteiger charge is 2.18. The molecular formula is C16H31O5PS. The summed E-state index contributed by atoms with van der Waals surface area (Å²) in [4.78, 5) is 24.6. The van der Waals surface area contributed by atoms with E-state index in [9.17, 15) is 9.69 Å². The largest absolute Gasteiger partial charge is 0.365 e. The molecule has 0 rings (SSSR count). The SMILES string of the molecule is C=CC(=O)OOP(O)(=S)OCCCCCCCCCCCCC. The van der Waals surface area contributed by atoms with Crippen LogP contribution in [0.1, 0.15) is 77.6 Å². The first-order chi connectivity index (χ1) is 11.0. The minimum Gasteiger partial charge on any atom is -0.322 e. The van der Waals surface area contributed by atoms with E-state index < -0.39 is 12.7 Å². The van der Waals surface area contributed by atoms with Gasteiger partial charge in [0.2, 0.25) is 0 Å². The van der Waals surface area contributed by atoms with E-state index in [1.165, 1.54) is 51.4 Å². The van der Waals surface area contributed by atoms with Crippen LogP contribution in [-0.4, -0.2) is 17.5 Å². The molecule has 0 aromatic heterocycles. The zero-order chi connectivity index (χ0) is 17.4. The molecule has 0 aliphatic rings. The van der Waals surface area contributed by atoms with E-state index in [-0.39, 0.29) is 0 Å². The molecule has 0 aliphatic carbocycles. The Morgan fingerprint density at radius 1 is 1.04 bits per heavy atom. The van der Waals surface area contributed by atoms with Crippen molar-refractivity contribution in [3.05, 3.63) is 12.7 Å². The van der Waals surface area contributed by atoms with Gasteiger partial charge in [0.1, 0.15) is 0 Å². The molecule has 5 nitrogen and oxygen atoms in total. The molecule has 1 unspecified atom stereocenters. The van der Waals surface area contributed by atoms with Gasteiger partial charge in [0, 0.05) is 6.08 Å². The van der Waals surface area contributed by atoms with Crippen molar-refractivity contribution < 1.29 is 23.8 Å². The van der Waals surface area contributed by atoms with Crippen molar-refractivity contribution in [3.8, 4) is 0 Å². The van der Waals surface area contributed by atoms with Crippen LogP contribution in [0.2, 0.25) is 0 Å². The third kappa shape index (κ3) is 16.4. The molecule has 0 heterocycles. The van der Waals surface area contributed by atoms with Crippen molar-refractivity contribution in [1.29, 1.82) is 0 Å². The van der Waals surface area contributed by atoms with Gasteiger partial charge in [-0.15, -0.1) is 0 Å². The Bertz CT molecular complexity index is 362. The van der Waals surface area contributed by atoms with Crippen LogP contribution in [0.25, 0.3) is 0 Å². The number of rotatable bonds is 16. The summed E-state index contributed by atoms with van der Waals surface area (Å²) in [5.41, 5.74) is 0. The first-order valence-electron chi connectivity index (χ1n) is 8.52. The van der Waals surface area contributed by atoms with Crippen LogP contribution in [0, 0.1) is 0 Å². The van der Waals surface area contributed by atoms with Gasteiger partial charge in [0.05, 0.1) is 6.61 Å². The van der Waals surface area contributed by atoms with Crippen LogP contribution in [-0.2, 0) is 30.7 Å². The van der Waals surface area contributed by atoms with Crippen LogP contribution in [0.5, 0.6) is 0 Å². The molecule has 0 bridgehead atoms. The lowest BCUT2D eigenvalue weighted by molar-refractivity contribution is -0.212. The minimum absolute atomic E-state index is 0.302. The van der Waals surface area contributed by atoms with Crippen molar-refractivity contribution in [1.82, 2.24) is 0 Å². The van der Waals surface area contributed by atoms with Crippen LogP contribution >= 0.6 is 6.72 Å². The van der Waals surface area contributed by atoms with Crippen molar-refractivity contribution >= 4 is 24.5 Å². The molecule has 1 N–H and O–H groups in total. The Hall–Kier alpha value is -0.260. The van der Waals surface area contributed by atoms with Gasteiger partial charge >= 0.3 is 12.7 Å². The van der Waals surface area contributed by atoms with Gasteiger partial charge in [-0.1, -0.05) is 82.4 Å². The van der Waals surface area contributed by atoms with Gasteiger partial charge in [-0.3, -0.25) is 4.89 Å². The number of carbonyl (C=O) groups excluding carboxylic acids is 1. The lowest BCUT2D eigenvalue weighted by atomic mass is 10.1. The summed E-state index contributed by atoms with van der Waals surface area (Å²) in [7, 11) is 0. The topological polar surface area (TPSA) is 65.0 Å². The molecule has 136 valence electrons. The summed E-state index contributed by atoms with van der Waals surface area (Å²) in [5.74, 6) is -0.813. The maximum absolute atomic E-state index is 10.8. The van der Waals surface area contributed by atoms with E-state index in [0.29, 0.717) is 6.61 Å². The van der Waals surface area contributed by atoms with E-state index in [4.69, 9.17) is 16.3 Å². The van der Waals surface area contributed by atoms with Gasteiger partial charge in [-0.25, -0.2) is 4.79 Å². The van der Waals surface area contributed by atoms with Crippen LogP contribution < -0.4 is 0 Å². The Labute approximate surface area is 145 Å². The summed E-state index contributed by atoms with van der Waals surface area (Å²) in [5, 5.41) is 0. The molecule has 0 saturated heterocycles. The summed E-state index contributed by atoms with van der Waals surface area (Å²) in [6.45, 7) is 2.24. The van der Waals surface area contributed by atoms with E-state index >= 15 is 0 Å². The average molecular weight is 366 g/mol. The second kappa shape index (κ2) is 15.3. The zero-order valence-electron chi connectivity index (χ0n) is 14.2. The first-order valence-corrected chi connectivity index (χ1v) is 11.1. The maximum atomic E-state index is 10.8.